The molecule has 1 radical (unpaired) electrons. The van der Waals surface area contributed by atoms with Crippen LogP contribution in [-0.2, 0) is 13.6 Å². The van der Waals surface area contributed by atoms with E-state index in [1.807, 2.05) is 13.8 Å². The molecule has 0 bridgehead atoms. The molecule has 77 valence electrons. The standard InChI is InChI=1S/C8H17O3SSi/c1-3-10-13(11-4-2)7-5-6-8(9)12/h3-7H2,1-2H3,(H,9,12). The minimum Gasteiger partial charge on any atom is -0.394 e. The van der Waals surface area contributed by atoms with E-state index >= 15 is 0 Å². The van der Waals surface area contributed by atoms with Crippen LogP contribution >= 0.6 is 12.6 Å². The molecular weight excluding hydrogens is 204 g/mol. The molecule has 3 nitrogen and oxygen atoms in total. The summed E-state index contributed by atoms with van der Waals surface area (Å²) in [6.07, 6.45) is 1.33. The van der Waals surface area contributed by atoms with Crippen molar-refractivity contribution in [3.8, 4) is 0 Å². The van der Waals surface area contributed by atoms with Gasteiger partial charge < -0.3 is 8.85 Å². The lowest BCUT2D eigenvalue weighted by molar-refractivity contribution is -0.110. The van der Waals surface area contributed by atoms with E-state index < -0.39 is 9.28 Å². The van der Waals surface area contributed by atoms with Crippen molar-refractivity contribution in [1.82, 2.24) is 0 Å². The molecule has 0 N–H and O–H groups in total. The van der Waals surface area contributed by atoms with E-state index in [-0.39, 0.29) is 5.12 Å². The molecule has 0 aromatic heterocycles. The van der Waals surface area contributed by atoms with Gasteiger partial charge in [0.1, 0.15) is 0 Å². The average Bonchev–Trinajstić information content (AvgIpc) is 2.04. The van der Waals surface area contributed by atoms with Crippen molar-refractivity contribution in [2.75, 3.05) is 13.2 Å². The molecule has 0 aliphatic rings. The van der Waals surface area contributed by atoms with Crippen molar-refractivity contribution in [3.63, 3.8) is 0 Å². The van der Waals surface area contributed by atoms with Crippen molar-refractivity contribution >= 4 is 27.0 Å². The van der Waals surface area contributed by atoms with Crippen LogP contribution in [0.3, 0.4) is 0 Å². The summed E-state index contributed by atoms with van der Waals surface area (Å²) in [5, 5.41) is -0.0608. The Balaban J connectivity index is 3.49. The Hall–Kier alpha value is 0.157. The molecule has 0 aromatic rings. The summed E-state index contributed by atoms with van der Waals surface area (Å²) >= 11 is 3.70. The smallest absolute Gasteiger partial charge is 0.384 e. The minimum absolute atomic E-state index is 0.0608. The number of hydrogen-bond acceptors (Lipinski definition) is 3. The molecule has 0 fully saturated rings. The zero-order chi connectivity index (χ0) is 10.1. The molecule has 5 heteroatoms. The van der Waals surface area contributed by atoms with Crippen molar-refractivity contribution in [2.24, 2.45) is 0 Å². The van der Waals surface area contributed by atoms with Crippen LogP contribution in [0.4, 0.5) is 0 Å². The second-order valence-corrected chi connectivity index (χ2v) is 4.81. The molecule has 0 aliphatic carbocycles. The average molecular weight is 221 g/mol. The van der Waals surface area contributed by atoms with E-state index in [1.165, 1.54) is 0 Å². The van der Waals surface area contributed by atoms with Crippen LogP contribution in [0.15, 0.2) is 0 Å². The lowest BCUT2D eigenvalue weighted by Crippen LogP contribution is -2.22. The van der Waals surface area contributed by atoms with Gasteiger partial charge in [-0.2, -0.15) is 0 Å². The quantitative estimate of drug-likeness (QED) is 0.501. The molecular formula is C8H17O3SSi. The highest BCUT2D eigenvalue weighted by Gasteiger charge is 2.13. The van der Waals surface area contributed by atoms with E-state index in [0.29, 0.717) is 19.6 Å². The highest BCUT2D eigenvalue weighted by molar-refractivity contribution is 7.96. The second-order valence-electron chi connectivity index (χ2n) is 2.49. The van der Waals surface area contributed by atoms with E-state index in [2.05, 4.69) is 12.6 Å². The Morgan fingerprint density at radius 1 is 1.31 bits per heavy atom. The maximum absolute atomic E-state index is 10.5. The molecule has 0 rings (SSSR count). The van der Waals surface area contributed by atoms with Gasteiger partial charge in [-0.3, -0.25) is 4.79 Å². The first-order valence-electron chi connectivity index (χ1n) is 4.53. The summed E-state index contributed by atoms with van der Waals surface area (Å²) in [6.45, 7) is 5.27. The van der Waals surface area contributed by atoms with Crippen LogP contribution < -0.4 is 0 Å². The molecule has 13 heavy (non-hydrogen) atoms. The second kappa shape index (κ2) is 8.74. The zero-order valence-electron chi connectivity index (χ0n) is 8.21. The van der Waals surface area contributed by atoms with Crippen LogP contribution in [0, 0.1) is 0 Å². The topological polar surface area (TPSA) is 35.5 Å². The van der Waals surface area contributed by atoms with Crippen LogP contribution in [-0.4, -0.2) is 27.6 Å². The normalized spacial score (nSPS) is 10.8. The third-order valence-electron chi connectivity index (χ3n) is 1.38. The number of hydrogen-bond donors (Lipinski definition) is 1. The highest BCUT2D eigenvalue weighted by Crippen LogP contribution is 2.05. The van der Waals surface area contributed by atoms with Gasteiger partial charge in [-0.25, -0.2) is 0 Å². The molecule has 0 aliphatic heterocycles. The number of thiol groups is 1. The molecule has 0 atom stereocenters. The Kier molecular flexibility index (Phi) is 8.85. The van der Waals surface area contributed by atoms with E-state index in [9.17, 15) is 4.79 Å². The number of carbonyl (C=O) groups excluding carboxylic acids is 1. The highest BCUT2D eigenvalue weighted by atomic mass is 32.1. The summed E-state index contributed by atoms with van der Waals surface area (Å²) in [6, 6.07) is 0.860. The summed E-state index contributed by atoms with van der Waals surface area (Å²) in [4.78, 5) is 10.5. The van der Waals surface area contributed by atoms with Gasteiger partial charge in [0.05, 0.1) is 0 Å². The fourth-order valence-corrected chi connectivity index (χ4v) is 2.53. The predicted molar refractivity (Wildman–Crippen MR) is 57.0 cm³/mol. The number of rotatable bonds is 8. The van der Waals surface area contributed by atoms with Crippen LogP contribution in [0.2, 0.25) is 6.04 Å². The maximum atomic E-state index is 10.5. The van der Waals surface area contributed by atoms with Gasteiger partial charge in [0.25, 0.3) is 0 Å². The van der Waals surface area contributed by atoms with Gasteiger partial charge in [0.15, 0.2) is 5.12 Å². The van der Waals surface area contributed by atoms with Crippen molar-refractivity contribution in [2.45, 2.75) is 32.7 Å². The lowest BCUT2D eigenvalue weighted by atomic mass is 10.4. The molecule has 0 amide bonds. The first-order chi connectivity index (χ1) is 6.20. The van der Waals surface area contributed by atoms with E-state index in [0.717, 1.165) is 12.5 Å². The van der Waals surface area contributed by atoms with E-state index in [4.69, 9.17) is 8.85 Å². The molecule has 0 heterocycles. The van der Waals surface area contributed by atoms with Crippen LogP contribution in [0.25, 0.3) is 0 Å². The Labute approximate surface area is 87.1 Å². The molecule has 0 saturated heterocycles. The minimum atomic E-state index is -1.13. The van der Waals surface area contributed by atoms with E-state index in [1.54, 1.807) is 0 Å². The van der Waals surface area contributed by atoms with Gasteiger partial charge in [-0.05, 0) is 26.3 Å². The Bertz CT molecular complexity index is 137. The molecule has 0 aromatic carbocycles. The fourth-order valence-electron chi connectivity index (χ4n) is 0.892. The Morgan fingerprint density at radius 2 is 1.85 bits per heavy atom. The summed E-state index contributed by atoms with van der Waals surface area (Å²) in [5.74, 6) is 0. The van der Waals surface area contributed by atoms with Crippen molar-refractivity contribution < 1.29 is 13.6 Å². The van der Waals surface area contributed by atoms with Gasteiger partial charge >= 0.3 is 9.28 Å². The monoisotopic (exact) mass is 221 g/mol. The van der Waals surface area contributed by atoms with Gasteiger partial charge in [0, 0.05) is 19.6 Å². The summed E-state index contributed by atoms with van der Waals surface area (Å²) < 4.78 is 10.8. The van der Waals surface area contributed by atoms with Crippen LogP contribution in [0.5, 0.6) is 0 Å². The molecule has 0 unspecified atom stereocenters. The third-order valence-corrected chi connectivity index (χ3v) is 3.59. The van der Waals surface area contributed by atoms with Crippen molar-refractivity contribution in [1.29, 1.82) is 0 Å². The molecule has 0 saturated carbocycles. The molecule has 0 spiro atoms. The zero-order valence-corrected chi connectivity index (χ0v) is 10.1. The summed E-state index contributed by atoms with van der Waals surface area (Å²) in [7, 11) is -1.13. The largest absolute Gasteiger partial charge is 0.394 e. The Morgan fingerprint density at radius 3 is 2.23 bits per heavy atom. The SMILES string of the molecule is CCO[Si](CCCC(=O)S)OCC. The maximum Gasteiger partial charge on any atom is 0.384 e. The van der Waals surface area contributed by atoms with Gasteiger partial charge in [-0.1, -0.05) is 0 Å². The predicted octanol–water partition coefficient (Wildman–Crippen LogP) is 1.78. The van der Waals surface area contributed by atoms with Crippen molar-refractivity contribution in [3.05, 3.63) is 0 Å². The van der Waals surface area contributed by atoms with Gasteiger partial charge in [-0.15, -0.1) is 12.6 Å². The van der Waals surface area contributed by atoms with Gasteiger partial charge in [0.2, 0.25) is 0 Å². The fraction of sp³-hybridized carbons (Fsp3) is 0.875. The lowest BCUT2D eigenvalue weighted by Gasteiger charge is -2.11. The first-order valence-corrected chi connectivity index (χ1v) is 6.51. The first kappa shape index (κ1) is 13.2. The summed E-state index contributed by atoms with van der Waals surface area (Å²) in [5.41, 5.74) is 0. The number of carbonyl (C=O) groups is 1. The van der Waals surface area contributed by atoms with Crippen LogP contribution in [0.1, 0.15) is 26.7 Å². The third kappa shape index (κ3) is 8.49.